The lowest BCUT2D eigenvalue weighted by molar-refractivity contribution is -0.105. The van der Waals surface area contributed by atoms with Crippen LogP contribution >= 0.6 is 0 Å². The molecule has 0 aliphatic heterocycles. The Bertz CT molecular complexity index is 594. The molecule has 2 aromatic carbocycles. The van der Waals surface area contributed by atoms with Gasteiger partial charge in [-0.2, -0.15) is 0 Å². The molecule has 0 saturated heterocycles. The number of nitrogens with one attached hydrogen (secondary N) is 1. The minimum atomic E-state index is -0.472. The first-order valence-electron chi connectivity index (χ1n) is 5.81. The van der Waals surface area contributed by atoms with E-state index in [1.807, 2.05) is 30.3 Å². The van der Waals surface area contributed by atoms with E-state index in [4.69, 9.17) is 15.3 Å². The Morgan fingerprint density at radius 1 is 1.11 bits per heavy atom. The van der Waals surface area contributed by atoms with Gasteiger partial charge in [0, 0.05) is 25.3 Å². The standard InChI is InChI=1S/C14H16N2O3/c1-18-14(19-2)12-8-7-11(13(17)16-15)9-5-3-4-6-10(9)12/h3-8,14H,15H2,1-2H3,(H,16,17). The molecule has 100 valence electrons. The van der Waals surface area contributed by atoms with Gasteiger partial charge in [0.05, 0.1) is 0 Å². The number of carbonyl (C=O) groups excluding carboxylic acids is 1. The van der Waals surface area contributed by atoms with Crippen LogP contribution in [0, 0.1) is 0 Å². The van der Waals surface area contributed by atoms with Gasteiger partial charge in [0.2, 0.25) is 0 Å². The molecule has 0 heterocycles. The molecule has 0 aliphatic carbocycles. The second-order valence-electron chi connectivity index (χ2n) is 4.02. The first-order chi connectivity index (χ1) is 9.22. The van der Waals surface area contributed by atoms with E-state index in [-0.39, 0.29) is 5.91 Å². The zero-order chi connectivity index (χ0) is 13.8. The summed E-state index contributed by atoms with van der Waals surface area (Å²) in [5.74, 6) is 4.87. The molecule has 0 unspecified atom stereocenters. The third-order valence-corrected chi connectivity index (χ3v) is 3.02. The molecule has 2 aromatic rings. The Hall–Kier alpha value is -1.95. The molecule has 19 heavy (non-hydrogen) atoms. The van der Waals surface area contributed by atoms with Crippen molar-refractivity contribution in [1.82, 2.24) is 5.43 Å². The predicted molar refractivity (Wildman–Crippen MR) is 72.4 cm³/mol. The number of rotatable bonds is 4. The topological polar surface area (TPSA) is 73.6 Å². The number of hydrogen-bond donors (Lipinski definition) is 2. The van der Waals surface area contributed by atoms with E-state index in [0.717, 1.165) is 16.3 Å². The van der Waals surface area contributed by atoms with Crippen molar-refractivity contribution in [3.63, 3.8) is 0 Å². The van der Waals surface area contributed by atoms with Crippen molar-refractivity contribution in [3.8, 4) is 0 Å². The van der Waals surface area contributed by atoms with Crippen LogP contribution in [0.25, 0.3) is 10.8 Å². The summed E-state index contributed by atoms with van der Waals surface area (Å²) in [6, 6.07) is 11.1. The van der Waals surface area contributed by atoms with E-state index < -0.39 is 6.29 Å². The fourth-order valence-corrected chi connectivity index (χ4v) is 2.15. The normalized spacial score (nSPS) is 10.9. The Morgan fingerprint density at radius 2 is 1.74 bits per heavy atom. The molecule has 0 radical (unpaired) electrons. The van der Waals surface area contributed by atoms with Crippen molar-refractivity contribution >= 4 is 16.7 Å². The molecule has 2 rings (SSSR count). The molecule has 5 heteroatoms. The van der Waals surface area contributed by atoms with Gasteiger partial charge in [-0.3, -0.25) is 10.2 Å². The van der Waals surface area contributed by atoms with E-state index >= 15 is 0 Å². The van der Waals surface area contributed by atoms with Crippen LogP contribution in [0.3, 0.4) is 0 Å². The van der Waals surface area contributed by atoms with Gasteiger partial charge in [0.25, 0.3) is 5.91 Å². The maximum absolute atomic E-state index is 11.7. The molecule has 3 N–H and O–H groups in total. The SMILES string of the molecule is COC(OC)c1ccc(C(=O)NN)c2ccccc12. The van der Waals surface area contributed by atoms with Crippen LogP contribution in [0.4, 0.5) is 0 Å². The van der Waals surface area contributed by atoms with Gasteiger partial charge in [0.15, 0.2) is 6.29 Å². The molecule has 5 nitrogen and oxygen atoms in total. The Balaban J connectivity index is 2.68. The van der Waals surface area contributed by atoms with Gasteiger partial charge in [-0.15, -0.1) is 0 Å². The van der Waals surface area contributed by atoms with Crippen molar-refractivity contribution in [3.05, 3.63) is 47.5 Å². The van der Waals surface area contributed by atoms with Gasteiger partial charge in [-0.05, 0) is 16.8 Å². The highest BCUT2D eigenvalue weighted by Gasteiger charge is 2.16. The number of hydrogen-bond acceptors (Lipinski definition) is 4. The summed E-state index contributed by atoms with van der Waals surface area (Å²) in [4.78, 5) is 11.7. The Morgan fingerprint density at radius 3 is 2.32 bits per heavy atom. The van der Waals surface area contributed by atoms with Crippen LogP contribution in [0.1, 0.15) is 22.2 Å². The fourth-order valence-electron chi connectivity index (χ4n) is 2.15. The molecule has 0 aliphatic rings. The second-order valence-corrected chi connectivity index (χ2v) is 4.02. The highest BCUT2D eigenvalue weighted by molar-refractivity contribution is 6.07. The first kappa shape index (κ1) is 13.5. The van der Waals surface area contributed by atoms with Gasteiger partial charge in [-0.1, -0.05) is 30.3 Å². The molecule has 0 aromatic heterocycles. The lowest BCUT2D eigenvalue weighted by Gasteiger charge is -2.17. The van der Waals surface area contributed by atoms with Crippen molar-refractivity contribution < 1.29 is 14.3 Å². The number of nitrogen functional groups attached to an aromatic ring is 1. The average molecular weight is 260 g/mol. The lowest BCUT2D eigenvalue weighted by Crippen LogP contribution is -2.30. The van der Waals surface area contributed by atoms with Crippen LogP contribution in [-0.2, 0) is 9.47 Å². The summed E-state index contributed by atoms with van der Waals surface area (Å²) in [6.07, 6.45) is -0.472. The van der Waals surface area contributed by atoms with E-state index in [9.17, 15) is 4.79 Å². The molecule has 0 saturated carbocycles. The third-order valence-electron chi connectivity index (χ3n) is 3.02. The zero-order valence-electron chi connectivity index (χ0n) is 10.8. The molecule has 0 fully saturated rings. The summed E-state index contributed by atoms with van der Waals surface area (Å²) in [6.45, 7) is 0. The maximum Gasteiger partial charge on any atom is 0.265 e. The smallest absolute Gasteiger partial charge is 0.265 e. The molecular weight excluding hydrogens is 244 g/mol. The number of hydrazine groups is 1. The van der Waals surface area contributed by atoms with Crippen LogP contribution in [0.5, 0.6) is 0 Å². The number of benzene rings is 2. The van der Waals surface area contributed by atoms with Crippen molar-refractivity contribution in [2.75, 3.05) is 14.2 Å². The van der Waals surface area contributed by atoms with E-state index in [2.05, 4.69) is 5.43 Å². The molecule has 0 bridgehead atoms. The number of ether oxygens (including phenoxy) is 2. The van der Waals surface area contributed by atoms with Gasteiger partial charge in [-0.25, -0.2) is 5.84 Å². The maximum atomic E-state index is 11.7. The molecular formula is C14H16N2O3. The van der Waals surface area contributed by atoms with E-state index in [1.165, 1.54) is 0 Å². The predicted octanol–water partition coefficient (Wildman–Crippen LogP) is 1.73. The number of nitrogens with two attached hydrogens (primary N) is 1. The van der Waals surface area contributed by atoms with Crippen LogP contribution in [0.2, 0.25) is 0 Å². The Labute approximate surface area is 111 Å². The summed E-state index contributed by atoms with van der Waals surface area (Å²) < 4.78 is 10.5. The minimum absolute atomic E-state index is 0.325. The van der Waals surface area contributed by atoms with Gasteiger partial charge >= 0.3 is 0 Å². The van der Waals surface area contributed by atoms with Crippen molar-refractivity contribution in [1.29, 1.82) is 0 Å². The first-order valence-corrected chi connectivity index (χ1v) is 5.81. The van der Waals surface area contributed by atoms with Crippen LogP contribution < -0.4 is 11.3 Å². The monoisotopic (exact) mass is 260 g/mol. The molecule has 0 spiro atoms. The van der Waals surface area contributed by atoms with E-state index in [0.29, 0.717) is 5.56 Å². The highest BCUT2D eigenvalue weighted by Crippen LogP contribution is 2.29. The number of carbonyl (C=O) groups is 1. The summed E-state index contributed by atoms with van der Waals surface area (Å²) in [5, 5.41) is 1.71. The molecule has 0 atom stereocenters. The van der Waals surface area contributed by atoms with Crippen molar-refractivity contribution in [2.45, 2.75) is 6.29 Å². The van der Waals surface area contributed by atoms with Gasteiger partial charge in [0.1, 0.15) is 0 Å². The third kappa shape index (κ3) is 2.44. The minimum Gasteiger partial charge on any atom is -0.352 e. The van der Waals surface area contributed by atoms with E-state index in [1.54, 1.807) is 20.3 Å². The average Bonchev–Trinajstić information content (AvgIpc) is 2.47. The quantitative estimate of drug-likeness (QED) is 0.380. The highest BCUT2D eigenvalue weighted by atomic mass is 16.7. The number of fused-ring (bicyclic) bond motifs is 1. The zero-order valence-corrected chi connectivity index (χ0v) is 10.8. The fraction of sp³-hybridized carbons (Fsp3) is 0.214. The molecule has 1 amide bonds. The lowest BCUT2D eigenvalue weighted by atomic mass is 9.99. The number of amides is 1. The van der Waals surface area contributed by atoms with Crippen molar-refractivity contribution in [2.24, 2.45) is 5.84 Å². The summed E-state index contributed by atoms with van der Waals surface area (Å²) >= 11 is 0. The summed E-state index contributed by atoms with van der Waals surface area (Å²) in [7, 11) is 3.15. The summed E-state index contributed by atoms with van der Waals surface area (Å²) in [5.41, 5.74) is 3.54. The second kappa shape index (κ2) is 5.79. The van der Waals surface area contributed by atoms with Gasteiger partial charge < -0.3 is 9.47 Å². The van der Waals surface area contributed by atoms with Crippen LogP contribution in [-0.4, -0.2) is 20.1 Å². The largest absolute Gasteiger partial charge is 0.352 e. The Kier molecular flexibility index (Phi) is 4.11. The van der Waals surface area contributed by atoms with Crippen LogP contribution in [0.15, 0.2) is 36.4 Å². The number of methoxy groups -OCH3 is 2.